The lowest BCUT2D eigenvalue weighted by molar-refractivity contribution is -0.117. The number of anilines is 2. The predicted octanol–water partition coefficient (Wildman–Crippen LogP) is 3.79. The quantitative estimate of drug-likeness (QED) is 0.257. The van der Waals surface area contributed by atoms with Crippen molar-refractivity contribution in [1.29, 1.82) is 0 Å². The van der Waals surface area contributed by atoms with Crippen LogP contribution in [-0.2, 0) is 14.8 Å². The van der Waals surface area contributed by atoms with Crippen LogP contribution < -0.4 is 19.5 Å². The molecule has 2 aromatic heterocycles. The third kappa shape index (κ3) is 6.66. The van der Waals surface area contributed by atoms with Gasteiger partial charge in [-0.3, -0.25) is 19.4 Å². The minimum atomic E-state index is -4.47. The van der Waals surface area contributed by atoms with E-state index in [0.717, 1.165) is 12.1 Å². The maximum atomic E-state index is 14.3. The van der Waals surface area contributed by atoms with Crippen LogP contribution >= 0.6 is 0 Å². The lowest BCUT2D eigenvalue weighted by Crippen LogP contribution is -2.40. The van der Waals surface area contributed by atoms with Gasteiger partial charge >= 0.3 is 0 Å². The largest absolute Gasteiger partial charge is 0.494 e. The van der Waals surface area contributed by atoms with Crippen LogP contribution in [0.5, 0.6) is 11.6 Å². The van der Waals surface area contributed by atoms with Crippen LogP contribution in [0, 0.1) is 11.6 Å². The van der Waals surface area contributed by atoms with Gasteiger partial charge in [0.25, 0.3) is 10.0 Å². The Morgan fingerprint density at radius 3 is 2.47 bits per heavy atom. The number of piperidine rings is 1. The number of carbonyl (C=O) groups is 1. The minimum absolute atomic E-state index is 0.0666. The summed E-state index contributed by atoms with van der Waals surface area (Å²) in [5, 5.41) is 13.1. The van der Waals surface area contributed by atoms with Crippen molar-refractivity contribution in [3.05, 3.63) is 66.5 Å². The number of sulfonamides is 1. The van der Waals surface area contributed by atoms with Crippen LogP contribution in [0.1, 0.15) is 12.8 Å². The molecular weight excluding hydrogens is 584 g/mol. The molecule has 5 rings (SSSR count). The number of hydrogen-bond acceptors (Lipinski definition) is 9. The number of nitrogens with one attached hydrogen (secondary N) is 2. The highest BCUT2D eigenvalue weighted by Gasteiger charge is 2.23. The van der Waals surface area contributed by atoms with E-state index >= 15 is 0 Å². The Hall–Kier alpha value is -4.40. The lowest BCUT2D eigenvalue weighted by atomic mass is 10.0. The van der Waals surface area contributed by atoms with Gasteiger partial charge in [0.2, 0.25) is 11.8 Å². The fraction of sp³-hybridized carbons (Fsp3) is 0.276. The van der Waals surface area contributed by atoms with Crippen LogP contribution in [0.4, 0.5) is 20.2 Å². The first-order valence-corrected chi connectivity index (χ1v) is 14.8. The van der Waals surface area contributed by atoms with Gasteiger partial charge in [-0.05, 0) is 48.7 Å². The second kappa shape index (κ2) is 12.5. The lowest BCUT2D eigenvalue weighted by Gasteiger charge is -2.28. The molecule has 0 saturated carbocycles. The number of carbonyl (C=O) groups excluding carboxylic acids is 1. The number of aliphatic hydroxyl groups is 1. The van der Waals surface area contributed by atoms with E-state index in [4.69, 9.17) is 9.47 Å². The average molecular weight is 614 g/mol. The molecular formula is C29H29F2N5O6S. The third-order valence-corrected chi connectivity index (χ3v) is 8.43. The first-order valence-electron chi connectivity index (χ1n) is 13.3. The van der Waals surface area contributed by atoms with Gasteiger partial charge in [-0.25, -0.2) is 22.2 Å². The van der Waals surface area contributed by atoms with Gasteiger partial charge < -0.3 is 19.9 Å². The van der Waals surface area contributed by atoms with Crippen molar-refractivity contribution >= 4 is 38.2 Å². The Balaban J connectivity index is 1.44. The Morgan fingerprint density at radius 1 is 1.00 bits per heavy atom. The summed E-state index contributed by atoms with van der Waals surface area (Å²) in [5.41, 5.74) is 1.96. The number of rotatable bonds is 9. The topological polar surface area (TPSA) is 143 Å². The summed E-state index contributed by atoms with van der Waals surface area (Å²) in [4.78, 5) is 22.7. The number of halogens is 2. The van der Waals surface area contributed by atoms with Crippen molar-refractivity contribution in [3.63, 3.8) is 0 Å². The number of methoxy groups -OCH3 is 2. The zero-order valence-corrected chi connectivity index (χ0v) is 24.1. The number of aliphatic hydroxyl groups excluding tert-OH is 1. The number of benzene rings is 2. The van der Waals surface area contributed by atoms with E-state index in [-0.39, 0.29) is 30.1 Å². The molecule has 3 N–H and O–H groups in total. The highest BCUT2D eigenvalue weighted by atomic mass is 32.2. The van der Waals surface area contributed by atoms with Crippen molar-refractivity contribution in [1.82, 2.24) is 14.9 Å². The highest BCUT2D eigenvalue weighted by molar-refractivity contribution is 7.92. The molecule has 1 saturated heterocycles. The fourth-order valence-corrected chi connectivity index (χ4v) is 5.97. The van der Waals surface area contributed by atoms with Crippen molar-refractivity contribution in [2.24, 2.45) is 0 Å². The van der Waals surface area contributed by atoms with Crippen LogP contribution in [-0.4, -0.2) is 74.3 Å². The Bertz CT molecular complexity index is 1780. The number of ether oxygens (including phenoxy) is 2. The zero-order chi connectivity index (χ0) is 30.7. The minimum Gasteiger partial charge on any atom is -0.494 e. The molecule has 0 bridgehead atoms. The highest BCUT2D eigenvalue weighted by Crippen LogP contribution is 2.36. The molecule has 14 heteroatoms. The van der Waals surface area contributed by atoms with E-state index in [1.54, 1.807) is 18.2 Å². The molecule has 0 spiro atoms. The third-order valence-electron chi connectivity index (χ3n) is 7.03. The Morgan fingerprint density at radius 2 is 1.77 bits per heavy atom. The van der Waals surface area contributed by atoms with Crippen LogP contribution in [0.25, 0.3) is 22.0 Å². The number of fused-ring (bicyclic) bond motifs is 1. The summed E-state index contributed by atoms with van der Waals surface area (Å²) in [7, 11) is -1.69. The van der Waals surface area contributed by atoms with Gasteiger partial charge in [-0.1, -0.05) is 6.07 Å². The maximum Gasteiger partial charge on any atom is 0.264 e. The second-order valence-electron chi connectivity index (χ2n) is 9.95. The van der Waals surface area contributed by atoms with E-state index in [2.05, 4.69) is 20.0 Å². The van der Waals surface area contributed by atoms with Gasteiger partial charge in [0, 0.05) is 36.3 Å². The summed E-state index contributed by atoms with van der Waals surface area (Å²) in [6.07, 6.45) is 3.87. The molecule has 0 unspecified atom stereocenters. The number of likely N-dealkylation sites (tertiary alicyclic amines) is 1. The molecule has 1 aliphatic heterocycles. The number of nitrogens with zero attached hydrogens (tertiary/aromatic N) is 3. The number of hydrogen-bond donors (Lipinski definition) is 3. The zero-order valence-electron chi connectivity index (χ0n) is 23.3. The first kappa shape index (κ1) is 30.1. The molecule has 4 aromatic rings. The molecule has 226 valence electrons. The molecule has 43 heavy (non-hydrogen) atoms. The molecule has 2 aromatic carbocycles. The summed E-state index contributed by atoms with van der Waals surface area (Å²) in [6.45, 7) is 1.40. The van der Waals surface area contributed by atoms with Crippen molar-refractivity contribution < 1.29 is 36.6 Å². The molecule has 0 aliphatic carbocycles. The molecule has 3 heterocycles. The van der Waals surface area contributed by atoms with Gasteiger partial charge in [0.1, 0.15) is 27.9 Å². The van der Waals surface area contributed by atoms with E-state index in [9.17, 15) is 27.1 Å². The first-order chi connectivity index (χ1) is 20.6. The van der Waals surface area contributed by atoms with Gasteiger partial charge in [-0.15, -0.1) is 0 Å². The van der Waals surface area contributed by atoms with Gasteiger partial charge in [-0.2, -0.15) is 0 Å². The van der Waals surface area contributed by atoms with E-state index in [1.807, 2.05) is 4.90 Å². The van der Waals surface area contributed by atoms with E-state index in [1.165, 1.54) is 32.7 Å². The maximum absolute atomic E-state index is 14.3. The average Bonchev–Trinajstić information content (AvgIpc) is 2.97. The molecule has 11 nitrogen and oxygen atoms in total. The molecule has 1 fully saturated rings. The molecule has 0 atom stereocenters. The SMILES string of the molecule is COc1ncc(-c2ccc3ncc(NC(=O)CN4CCC(O)CC4)c(OC)c3c2)cc1NS(=O)(=O)c1ccc(F)cc1F. The van der Waals surface area contributed by atoms with E-state index < -0.39 is 26.6 Å². The van der Waals surface area contributed by atoms with Gasteiger partial charge in [0.15, 0.2) is 5.75 Å². The smallest absolute Gasteiger partial charge is 0.264 e. The fourth-order valence-electron chi connectivity index (χ4n) is 4.87. The van der Waals surface area contributed by atoms with Crippen molar-refractivity contribution in [2.75, 3.05) is 43.9 Å². The normalized spacial score (nSPS) is 14.4. The summed E-state index contributed by atoms with van der Waals surface area (Å²) >= 11 is 0. The van der Waals surface area contributed by atoms with Crippen molar-refractivity contribution in [2.45, 2.75) is 23.8 Å². The standard InChI is InChI=1S/C29H29F2N5O6S/c1-41-28-21-11-17(3-5-23(21)32-15-25(28)34-27(38)16-36-9-7-20(37)8-10-36)18-12-24(29(42-2)33-14-18)35-43(39,40)26-6-4-19(30)13-22(26)31/h3-6,11-15,20,35,37H,7-10,16H2,1-2H3,(H,34,38). The van der Waals surface area contributed by atoms with Gasteiger partial charge in [0.05, 0.1) is 38.6 Å². The van der Waals surface area contributed by atoms with Crippen LogP contribution in [0.15, 0.2) is 59.8 Å². The predicted molar refractivity (Wildman–Crippen MR) is 156 cm³/mol. The van der Waals surface area contributed by atoms with E-state index in [0.29, 0.717) is 65.5 Å². The number of pyridine rings is 2. The summed E-state index contributed by atoms with van der Waals surface area (Å²) < 4.78 is 66.7. The Kier molecular flexibility index (Phi) is 8.71. The monoisotopic (exact) mass is 613 g/mol. The van der Waals surface area contributed by atoms with Crippen molar-refractivity contribution in [3.8, 4) is 22.8 Å². The molecule has 0 radical (unpaired) electrons. The molecule has 1 aliphatic rings. The second-order valence-corrected chi connectivity index (χ2v) is 11.6. The van der Waals surface area contributed by atoms with Crippen LogP contribution in [0.3, 0.4) is 0 Å². The van der Waals surface area contributed by atoms with Crippen LogP contribution in [0.2, 0.25) is 0 Å². The summed E-state index contributed by atoms with van der Waals surface area (Å²) in [5.74, 6) is -2.10. The Labute approximate surface area is 246 Å². The summed E-state index contributed by atoms with van der Waals surface area (Å²) in [6, 6.07) is 8.85. The number of amides is 1. The number of aromatic nitrogens is 2. The molecule has 1 amide bonds.